The van der Waals surface area contributed by atoms with E-state index in [1.54, 1.807) is 12.1 Å². The number of benzene rings is 2. The van der Waals surface area contributed by atoms with Gasteiger partial charge in [0, 0.05) is 30.4 Å². The Morgan fingerprint density at radius 1 is 1.03 bits per heavy atom. The van der Waals surface area contributed by atoms with Crippen molar-refractivity contribution in [3.63, 3.8) is 0 Å². The van der Waals surface area contributed by atoms with Crippen LogP contribution in [0.3, 0.4) is 0 Å². The number of aliphatic hydroxyl groups excluding tert-OH is 1. The zero-order valence-electron chi connectivity index (χ0n) is 18.7. The highest BCUT2D eigenvalue weighted by Crippen LogP contribution is 2.44. The van der Waals surface area contributed by atoms with Crippen LogP contribution >= 0.6 is 0 Å². The lowest BCUT2D eigenvalue weighted by Crippen LogP contribution is -2.42. The van der Waals surface area contributed by atoms with E-state index in [0.29, 0.717) is 50.4 Å². The van der Waals surface area contributed by atoms with Crippen molar-refractivity contribution in [1.29, 1.82) is 0 Å². The maximum absolute atomic E-state index is 13.5. The van der Waals surface area contributed by atoms with E-state index in [2.05, 4.69) is 15.2 Å². The van der Waals surface area contributed by atoms with E-state index in [1.165, 1.54) is 12.1 Å². The van der Waals surface area contributed by atoms with E-state index >= 15 is 0 Å². The van der Waals surface area contributed by atoms with Gasteiger partial charge in [-0.15, -0.1) is 0 Å². The van der Waals surface area contributed by atoms with Crippen molar-refractivity contribution in [2.24, 2.45) is 0 Å². The van der Waals surface area contributed by atoms with Gasteiger partial charge in [0.15, 0.2) is 0 Å². The SMILES string of the molecule is O=C(O)C1(c2ccc(Nc3nc(-c4ccc(F)cc4)cc(N4CCC(O)CC4)n3)cc2)CCC1. The second-order valence-corrected chi connectivity index (χ2v) is 9.10. The summed E-state index contributed by atoms with van der Waals surface area (Å²) in [6, 6.07) is 15.5. The standard InChI is InChI=1S/C26H27FN4O3/c27-19-6-2-17(3-7-19)22-16-23(31-14-10-21(32)11-15-31)30-25(29-22)28-20-8-4-18(5-9-20)26(24(33)34)12-1-13-26/h2-9,16,21,32H,1,10-15H2,(H,33,34)(H,28,29,30). The van der Waals surface area contributed by atoms with Gasteiger partial charge in [-0.1, -0.05) is 18.6 Å². The highest BCUT2D eigenvalue weighted by Gasteiger charge is 2.45. The molecule has 34 heavy (non-hydrogen) atoms. The number of aliphatic carboxylic acids is 1. The van der Waals surface area contributed by atoms with Crippen molar-refractivity contribution >= 4 is 23.4 Å². The molecule has 2 fully saturated rings. The molecular weight excluding hydrogens is 435 g/mol. The van der Waals surface area contributed by atoms with Gasteiger partial charge < -0.3 is 20.4 Å². The minimum absolute atomic E-state index is 0.296. The van der Waals surface area contributed by atoms with Crippen LogP contribution in [0.1, 0.15) is 37.7 Å². The summed E-state index contributed by atoms with van der Waals surface area (Å²) >= 11 is 0. The van der Waals surface area contributed by atoms with Crippen LogP contribution < -0.4 is 10.2 Å². The summed E-state index contributed by atoms with van der Waals surface area (Å²) in [4.78, 5) is 23.3. The third-order valence-electron chi connectivity index (χ3n) is 6.95. The molecule has 3 aromatic rings. The van der Waals surface area contributed by atoms with Crippen molar-refractivity contribution in [1.82, 2.24) is 9.97 Å². The van der Waals surface area contributed by atoms with Crippen molar-refractivity contribution in [3.8, 4) is 11.3 Å². The second kappa shape index (κ2) is 9.02. The molecule has 2 aliphatic rings. The average molecular weight is 463 g/mol. The fourth-order valence-corrected chi connectivity index (χ4v) is 4.67. The monoisotopic (exact) mass is 462 g/mol. The first kappa shape index (κ1) is 22.3. The Labute approximate surface area is 197 Å². The molecule has 8 heteroatoms. The van der Waals surface area contributed by atoms with Gasteiger partial charge in [-0.05, 0) is 67.6 Å². The average Bonchev–Trinajstić information content (AvgIpc) is 2.80. The molecule has 0 amide bonds. The Morgan fingerprint density at radius 2 is 1.71 bits per heavy atom. The van der Waals surface area contributed by atoms with Gasteiger partial charge in [0.2, 0.25) is 5.95 Å². The molecule has 3 N–H and O–H groups in total. The van der Waals surface area contributed by atoms with E-state index in [1.807, 2.05) is 30.3 Å². The summed E-state index contributed by atoms with van der Waals surface area (Å²) in [5.41, 5.74) is 2.22. The van der Waals surface area contributed by atoms with E-state index in [4.69, 9.17) is 4.98 Å². The number of halogens is 1. The number of rotatable bonds is 6. The molecule has 7 nitrogen and oxygen atoms in total. The van der Waals surface area contributed by atoms with Gasteiger partial charge in [0.05, 0.1) is 17.2 Å². The second-order valence-electron chi connectivity index (χ2n) is 9.10. The summed E-state index contributed by atoms with van der Waals surface area (Å²) in [6.45, 7) is 1.37. The molecule has 1 aromatic heterocycles. The van der Waals surface area contributed by atoms with E-state index in [0.717, 1.165) is 29.1 Å². The van der Waals surface area contributed by atoms with Gasteiger partial charge in [0.25, 0.3) is 0 Å². The first-order valence-corrected chi connectivity index (χ1v) is 11.6. The van der Waals surface area contributed by atoms with Crippen LogP contribution in [0, 0.1) is 5.82 Å². The summed E-state index contributed by atoms with van der Waals surface area (Å²) in [5.74, 6) is 0.0464. The van der Waals surface area contributed by atoms with Crippen molar-refractivity contribution < 1.29 is 19.4 Å². The smallest absolute Gasteiger partial charge is 0.314 e. The van der Waals surface area contributed by atoms with Crippen LogP contribution in [-0.4, -0.2) is 45.3 Å². The maximum Gasteiger partial charge on any atom is 0.314 e. The first-order valence-electron chi connectivity index (χ1n) is 11.6. The molecule has 0 unspecified atom stereocenters. The Bertz CT molecular complexity index is 1170. The fraction of sp³-hybridized carbons (Fsp3) is 0.346. The molecule has 2 heterocycles. The first-order chi connectivity index (χ1) is 16.4. The molecule has 1 aliphatic heterocycles. The Morgan fingerprint density at radius 3 is 2.29 bits per heavy atom. The number of aromatic nitrogens is 2. The van der Waals surface area contributed by atoms with Crippen molar-refractivity contribution in [2.75, 3.05) is 23.3 Å². The number of carboxylic acid groups (broad SMARTS) is 1. The van der Waals surface area contributed by atoms with Crippen LogP contribution in [0.2, 0.25) is 0 Å². The van der Waals surface area contributed by atoms with Crippen molar-refractivity contribution in [3.05, 3.63) is 66.0 Å². The zero-order chi connectivity index (χ0) is 23.7. The van der Waals surface area contributed by atoms with Gasteiger partial charge in [0.1, 0.15) is 11.6 Å². The normalized spacial score (nSPS) is 17.8. The lowest BCUT2D eigenvalue weighted by molar-refractivity contribution is -0.147. The predicted molar refractivity (Wildman–Crippen MR) is 128 cm³/mol. The molecule has 1 aliphatic carbocycles. The highest BCUT2D eigenvalue weighted by atomic mass is 19.1. The summed E-state index contributed by atoms with van der Waals surface area (Å²) in [5, 5.41) is 22.8. The Balaban J connectivity index is 1.44. The van der Waals surface area contributed by atoms with E-state index in [9.17, 15) is 19.4 Å². The van der Waals surface area contributed by atoms with Gasteiger partial charge in [-0.3, -0.25) is 4.79 Å². The molecule has 0 spiro atoms. The number of nitrogens with zero attached hydrogens (tertiary/aromatic N) is 3. The van der Waals surface area contributed by atoms with E-state index in [-0.39, 0.29) is 11.9 Å². The highest BCUT2D eigenvalue weighted by molar-refractivity contribution is 5.82. The molecule has 176 valence electrons. The Hall–Kier alpha value is -3.52. The lowest BCUT2D eigenvalue weighted by atomic mass is 9.64. The van der Waals surface area contributed by atoms with Crippen LogP contribution in [0.25, 0.3) is 11.3 Å². The topological polar surface area (TPSA) is 98.6 Å². The number of hydrogen-bond donors (Lipinski definition) is 3. The third-order valence-corrected chi connectivity index (χ3v) is 6.95. The molecule has 2 aromatic carbocycles. The summed E-state index contributed by atoms with van der Waals surface area (Å²) < 4.78 is 13.5. The number of hydrogen-bond acceptors (Lipinski definition) is 6. The number of piperidine rings is 1. The van der Waals surface area contributed by atoms with Crippen LogP contribution in [-0.2, 0) is 10.2 Å². The summed E-state index contributed by atoms with van der Waals surface area (Å²) in [6.07, 6.45) is 3.29. The van der Waals surface area contributed by atoms with Gasteiger partial charge in [-0.2, -0.15) is 4.98 Å². The number of anilines is 3. The van der Waals surface area contributed by atoms with Crippen LogP contribution in [0.4, 0.5) is 21.8 Å². The van der Waals surface area contributed by atoms with Gasteiger partial charge in [-0.25, -0.2) is 9.37 Å². The minimum Gasteiger partial charge on any atom is -0.481 e. The molecule has 1 saturated carbocycles. The zero-order valence-corrected chi connectivity index (χ0v) is 18.7. The molecule has 1 saturated heterocycles. The number of nitrogens with one attached hydrogen (secondary N) is 1. The lowest BCUT2D eigenvalue weighted by Gasteiger charge is -2.38. The molecule has 0 radical (unpaired) electrons. The number of carbonyl (C=O) groups is 1. The maximum atomic E-state index is 13.5. The molecule has 0 atom stereocenters. The summed E-state index contributed by atoms with van der Waals surface area (Å²) in [7, 11) is 0. The van der Waals surface area contributed by atoms with Gasteiger partial charge >= 0.3 is 5.97 Å². The predicted octanol–water partition coefficient (Wildman–Crippen LogP) is 4.49. The quantitative estimate of drug-likeness (QED) is 0.496. The number of aliphatic hydroxyl groups is 1. The van der Waals surface area contributed by atoms with E-state index < -0.39 is 11.4 Å². The molecule has 0 bridgehead atoms. The fourth-order valence-electron chi connectivity index (χ4n) is 4.67. The third kappa shape index (κ3) is 4.33. The Kier molecular flexibility index (Phi) is 5.91. The molecule has 5 rings (SSSR count). The molecular formula is C26H27FN4O3. The minimum atomic E-state index is -0.774. The van der Waals surface area contributed by atoms with Crippen LogP contribution in [0.15, 0.2) is 54.6 Å². The van der Waals surface area contributed by atoms with Crippen molar-refractivity contribution in [2.45, 2.75) is 43.6 Å². The number of carboxylic acids is 1. The largest absolute Gasteiger partial charge is 0.481 e. The van der Waals surface area contributed by atoms with Crippen LogP contribution in [0.5, 0.6) is 0 Å².